The number of aryl methyl sites for hydroxylation is 2. The normalized spacial score (nSPS) is 11.6. The molecule has 0 radical (unpaired) electrons. The van der Waals surface area contributed by atoms with Crippen molar-refractivity contribution >= 4 is 34.1 Å². The third kappa shape index (κ3) is 3.87. The minimum absolute atomic E-state index is 0.109. The smallest absolute Gasteiger partial charge is 0.263 e. The van der Waals surface area contributed by atoms with Gasteiger partial charge in [0.25, 0.3) is 11.1 Å². The maximum Gasteiger partial charge on any atom is 0.263 e. The Morgan fingerprint density at radius 3 is 2.50 bits per heavy atom. The summed E-state index contributed by atoms with van der Waals surface area (Å²) in [7, 11) is 0. The highest BCUT2D eigenvalue weighted by Gasteiger charge is 2.17. The van der Waals surface area contributed by atoms with E-state index in [1.807, 2.05) is 78.9 Å². The van der Waals surface area contributed by atoms with Crippen LogP contribution in [0.5, 0.6) is 0 Å². The molecule has 0 aliphatic carbocycles. The van der Waals surface area contributed by atoms with Crippen molar-refractivity contribution in [1.82, 2.24) is 28.5 Å². The monoisotopic (exact) mass is 494 g/mol. The summed E-state index contributed by atoms with van der Waals surface area (Å²) in [5.74, 6) is 0.912. The summed E-state index contributed by atoms with van der Waals surface area (Å²) in [6.45, 7) is 4.36. The first-order valence-corrected chi connectivity index (χ1v) is 12.5. The SMILES string of the molecule is Cc1ccc(Cn2c(=O)c3ccccc3n3c(SCc4cc(=O)n5cc(C)ccc5n4)nnc23)cc1. The Balaban J connectivity index is 1.43. The van der Waals surface area contributed by atoms with Crippen molar-refractivity contribution in [3.05, 3.63) is 116 Å². The van der Waals surface area contributed by atoms with Gasteiger partial charge in [-0.1, -0.05) is 59.8 Å². The van der Waals surface area contributed by atoms with Crippen LogP contribution in [0.4, 0.5) is 0 Å². The predicted octanol–water partition coefficient (Wildman–Crippen LogP) is 4.01. The number of pyridine rings is 1. The number of hydrogen-bond acceptors (Lipinski definition) is 6. The van der Waals surface area contributed by atoms with E-state index < -0.39 is 0 Å². The van der Waals surface area contributed by atoms with E-state index in [0.717, 1.165) is 22.2 Å². The maximum atomic E-state index is 13.4. The highest BCUT2D eigenvalue weighted by molar-refractivity contribution is 7.98. The molecule has 36 heavy (non-hydrogen) atoms. The molecule has 0 bridgehead atoms. The number of fused-ring (bicyclic) bond motifs is 4. The van der Waals surface area contributed by atoms with Gasteiger partial charge in [0.1, 0.15) is 5.65 Å². The third-order valence-corrected chi connectivity index (χ3v) is 7.11. The summed E-state index contributed by atoms with van der Waals surface area (Å²) in [5.41, 5.74) is 4.93. The number of benzene rings is 2. The summed E-state index contributed by atoms with van der Waals surface area (Å²) in [6, 6.07) is 20.9. The number of thioether (sulfide) groups is 1. The van der Waals surface area contributed by atoms with E-state index in [1.54, 1.807) is 21.2 Å². The topological polar surface area (TPSA) is 86.6 Å². The van der Waals surface area contributed by atoms with Crippen molar-refractivity contribution in [2.24, 2.45) is 0 Å². The van der Waals surface area contributed by atoms with E-state index in [-0.39, 0.29) is 11.1 Å². The Bertz CT molecular complexity index is 1890. The molecule has 2 aromatic carbocycles. The van der Waals surface area contributed by atoms with Crippen LogP contribution in [0.15, 0.2) is 87.7 Å². The molecule has 0 saturated heterocycles. The highest BCUT2D eigenvalue weighted by atomic mass is 32.2. The molecule has 4 aromatic heterocycles. The zero-order valence-corrected chi connectivity index (χ0v) is 20.6. The van der Waals surface area contributed by atoms with Gasteiger partial charge in [-0.2, -0.15) is 0 Å². The quantitative estimate of drug-likeness (QED) is 0.337. The van der Waals surface area contributed by atoms with Crippen LogP contribution in [-0.2, 0) is 12.3 Å². The van der Waals surface area contributed by atoms with Crippen molar-refractivity contribution in [3.63, 3.8) is 0 Å². The van der Waals surface area contributed by atoms with Crippen molar-refractivity contribution in [1.29, 1.82) is 0 Å². The lowest BCUT2D eigenvalue weighted by Crippen LogP contribution is -2.24. The Morgan fingerprint density at radius 1 is 0.889 bits per heavy atom. The van der Waals surface area contributed by atoms with Gasteiger partial charge in [-0.05, 0) is 43.2 Å². The van der Waals surface area contributed by atoms with Gasteiger partial charge in [-0.15, -0.1) is 10.2 Å². The van der Waals surface area contributed by atoms with Gasteiger partial charge in [0.2, 0.25) is 5.78 Å². The zero-order valence-electron chi connectivity index (χ0n) is 19.8. The van der Waals surface area contributed by atoms with E-state index >= 15 is 0 Å². The first-order chi connectivity index (χ1) is 17.5. The molecule has 178 valence electrons. The molecule has 6 rings (SSSR count). The second-order valence-corrected chi connectivity index (χ2v) is 9.76. The van der Waals surface area contributed by atoms with Crippen LogP contribution in [0.2, 0.25) is 0 Å². The molecule has 0 aliphatic rings. The minimum atomic E-state index is -0.122. The molecule has 9 heteroatoms. The number of nitrogens with zero attached hydrogens (tertiary/aromatic N) is 6. The Hall–Kier alpha value is -4.24. The van der Waals surface area contributed by atoms with Crippen LogP contribution in [0.1, 0.15) is 22.4 Å². The van der Waals surface area contributed by atoms with Crippen LogP contribution in [0.3, 0.4) is 0 Å². The van der Waals surface area contributed by atoms with Crippen LogP contribution in [0.25, 0.3) is 22.3 Å². The predicted molar refractivity (Wildman–Crippen MR) is 141 cm³/mol. The van der Waals surface area contributed by atoms with Gasteiger partial charge in [0.05, 0.1) is 23.1 Å². The van der Waals surface area contributed by atoms with E-state index in [9.17, 15) is 9.59 Å². The molecule has 0 N–H and O–H groups in total. The summed E-state index contributed by atoms with van der Waals surface area (Å²) in [6.07, 6.45) is 1.78. The van der Waals surface area contributed by atoms with Crippen LogP contribution in [-0.4, -0.2) is 28.5 Å². The Labute approximate surface area is 209 Å². The molecule has 8 nitrogen and oxygen atoms in total. The van der Waals surface area contributed by atoms with Gasteiger partial charge in [0, 0.05) is 18.0 Å². The molecule has 0 amide bonds. The van der Waals surface area contributed by atoms with Gasteiger partial charge in [-0.3, -0.25) is 23.0 Å². The van der Waals surface area contributed by atoms with Crippen molar-refractivity contribution in [2.45, 2.75) is 31.3 Å². The second-order valence-electron chi connectivity index (χ2n) is 8.82. The molecule has 0 aliphatic heterocycles. The van der Waals surface area contributed by atoms with E-state index in [4.69, 9.17) is 0 Å². The van der Waals surface area contributed by atoms with Crippen molar-refractivity contribution in [3.8, 4) is 0 Å². The van der Waals surface area contributed by atoms with Crippen molar-refractivity contribution < 1.29 is 0 Å². The molecule has 0 atom stereocenters. The standard InChI is InChI=1S/C27H22N6O2S/c1-17-7-10-19(11-8-17)15-32-25(35)21-5-3-4-6-22(21)33-26(32)29-30-27(33)36-16-20-13-24(34)31-14-18(2)9-12-23(31)28-20/h3-14H,15-16H2,1-2H3. The van der Waals surface area contributed by atoms with Crippen molar-refractivity contribution in [2.75, 3.05) is 0 Å². The number of rotatable bonds is 5. The van der Waals surface area contributed by atoms with Gasteiger partial charge >= 0.3 is 0 Å². The molecule has 0 fully saturated rings. The average Bonchev–Trinajstić information content (AvgIpc) is 3.31. The second kappa shape index (κ2) is 8.76. The summed E-state index contributed by atoms with van der Waals surface area (Å²) < 4.78 is 5.12. The molecule has 4 heterocycles. The first-order valence-electron chi connectivity index (χ1n) is 11.5. The van der Waals surface area contributed by atoms with Gasteiger partial charge < -0.3 is 0 Å². The summed E-state index contributed by atoms with van der Waals surface area (Å²) in [4.78, 5) is 30.7. The maximum absolute atomic E-state index is 13.4. The summed E-state index contributed by atoms with van der Waals surface area (Å²) >= 11 is 1.43. The highest BCUT2D eigenvalue weighted by Crippen LogP contribution is 2.24. The molecule has 0 unspecified atom stereocenters. The fourth-order valence-electron chi connectivity index (χ4n) is 4.32. The Kier molecular flexibility index (Phi) is 5.41. The summed E-state index contributed by atoms with van der Waals surface area (Å²) in [5, 5.41) is 10.0. The average molecular weight is 495 g/mol. The van der Waals surface area contributed by atoms with E-state index in [2.05, 4.69) is 15.2 Å². The fourth-order valence-corrected chi connectivity index (χ4v) is 5.15. The minimum Gasteiger partial charge on any atom is -0.272 e. The van der Waals surface area contributed by atoms with Crippen LogP contribution >= 0.6 is 11.8 Å². The molecule has 0 spiro atoms. The zero-order chi connectivity index (χ0) is 24.8. The van der Waals surface area contributed by atoms with E-state index in [0.29, 0.717) is 40.0 Å². The Morgan fingerprint density at radius 2 is 1.67 bits per heavy atom. The lowest BCUT2D eigenvalue weighted by molar-refractivity contribution is 0.763. The first kappa shape index (κ1) is 22.2. The lowest BCUT2D eigenvalue weighted by atomic mass is 10.1. The molecular formula is C27H22N6O2S. The van der Waals surface area contributed by atoms with Gasteiger partial charge in [-0.25, -0.2) is 4.98 Å². The number of para-hydroxylation sites is 1. The van der Waals surface area contributed by atoms with E-state index in [1.165, 1.54) is 11.8 Å². The molecular weight excluding hydrogens is 472 g/mol. The lowest BCUT2D eigenvalue weighted by Gasteiger charge is -2.11. The molecule has 6 aromatic rings. The number of hydrogen-bond donors (Lipinski definition) is 0. The fraction of sp³-hybridized carbons (Fsp3) is 0.148. The number of aromatic nitrogens is 6. The third-order valence-electron chi connectivity index (χ3n) is 6.15. The largest absolute Gasteiger partial charge is 0.272 e. The van der Waals surface area contributed by atoms with Crippen LogP contribution in [0, 0.1) is 13.8 Å². The molecule has 0 saturated carbocycles. The van der Waals surface area contributed by atoms with Gasteiger partial charge in [0.15, 0.2) is 5.16 Å². The van der Waals surface area contributed by atoms with Crippen LogP contribution < -0.4 is 11.1 Å².